The molecule has 0 saturated carbocycles. The zero-order valence-corrected chi connectivity index (χ0v) is 16.7. The van der Waals surface area contributed by atoms with Crippen molar-refractivity contribution in [3.05, 3.63) is 23.7 Å². The smallest absolute Gasteiger partial charge is 0.289 e. The third kappa shape index (κ3) is 2.98. The molecule has 0 aliphatic carbocycles. The van der Waals surface area contributed by atoms with Crippen LogP contribution in [0.4, 0.5) is 0 Å². The molecule has 1 aromatic rings. The number of carbonyl (C=O) groups is 2. The summed E-state index contributed by atoms with van der Waals surface area (Å²) in [6.07, 6.45) is 2.70. The minimum absolute atomic E-state index is 0.0155. The Kier molecular flexibility index (Phi) is 4.57. The molecule has 148 valence electrons. The third-order valence-corrected chi connectivity index (χ3v) is 6.89. The number of nitrogens with one attached hydrogen (secondary N) is 1. The second kappa shape index (κ2) is 6.66. The van der Waals surface area contributed by atoms with E-state index in [2.05, 4.69) is 24.1 Å². The van der Waals surface area contributed by atoms with Gasteiger partial charge in [0.1, 0.15) is 5.76 Å². The molecule has 4 heterocycles. The first kappa shape index (κ1) is 18.5. The molecule has 6 heteroatoms. The van der Waals surface area contributed by atoms with Crippen molar-refractivity contribution in [2.75, 3.05) is 39.3 Å². The lowest BCUT2D eigenvalue weighted by molar-refractivity contribution is -0.133. The number of nitrogens with zero attached hydrogens (tertiary/aromatic N) is 2. The predicted octanol–water partition coefficient (Wildman–Crippen LogP) is 2.29. The molecular formula is C21H31N3O3. The Labute approximate surface area is 161 Å². The molecule has 3 saturated heterocycles. The van der Waals surface area contributed by atoms with Crippen LogP contribution in [-0.4, -0.2) is 60.9 Å². The molecule has 0 aromatic carbocycles. The lowest BCUT2D eigenvalue weighted by Gasteiger charge is -2.46. The number of aryl methyl sites for hydroxylation is 1. The van der Waals surface area contributed by atoms with E-state index >= 15 is 0 Å². The number of fused-ring (bicyclic) bond motifs is 1. The Morgan fingerprint density at radius 1 is 1.22 bits per heavy atom. The quantitative estimate of drug-likeness (QED) is 0.883. The number of hydrogen-bond acceptors (Lipinski definition) is 4. The first-order chi connectivity index (χ1) is 12.9. The Bertz CT molecular complexity index is 733. The first-order valence-electron chi connectivity index (χ1n) is 10.2. The zero-order valence-electron chi connectivity index (χ0n) is 16.7. The highest BCUT2D eigenvalue weighted by Gasteiger charge is 2.63. The number of rotatable bonds is 3. The molecule has 3 aliphatic heterocycles. The fourth-order valence-corrected chi connectivity index (χ4v) is 5.64. The summed E-state index contributed by atoms with van der Waals surface area (Å²) in [5.74, 6) is 1.97. The van der Waals surface area contributed by atoms with Crippen LogP contribution in [0, 0.1) is 23.7 Å². The van der Waals surface area contributed by atoms with Gasteiger partial charge in [0.2, 0.25) is 5.91 Å². The zero-order chi connectivity index (χ0) is 19.2. The van der Waals surface area contributed by atoms with Crippen molar-refractivity contribution in [1.29, 1.82) is 0 Å². The fourth-order valence-electron chi connectivity index (χ4n) is 5.64. The van der Waals surface area contributed by atoms with Crippen LogP contribution in [0.5, 0.6) is 0 Å². The lowest BCUT2D eigenvalue weighted by Crippen LogP contribution is -2.53. The first-order valence-corrected chi connectivity index (χ1v) is 10.2. The van der Waals surface area contributed by atoms with Gasteiger partial charge in [-0.15, -0.1) is 0 Å². The number of likely N-dealkylation sites (tertiary alicyclic amines) is 2. The van der Waals surface area contributed by atoms with Crippen LogP contribution in [0.25, 0.3) is 0 Å². The molecule has 1 atom stereocenters. The Balaban J connectivity index is 1.52. The van der Waals surface area contributed by atoms with Crippen molar-refractivity contribution in [2.24, 2.45) is 16.7 Å². The molecule has 1 aromatic heterocycles. The molecular weight excluding hydrogens is 342 g/mol. The van der Waals surface area contributed by atoms with E-state index in [9.17, 15) is 9.59 Å². The normalized spacial score (nSPS) is 27.9. The minimum atomic E-state index is -0.279. The average Bonchev–Trinajstić information content (AvgIpc) is 3.28. The summed E-state index contributed by atoms with van der Waals surface area (Å²) in [6.45, 7) is 11.4. The lowest BCUT2D eigenvalue weighted by atomic mass is 9.60. The summed E-state index contributed by atoms with van der Waals surface area (Å²) < 4.78 is 5.52. The molecule has 0 bridgehead atoms. The van der Waals surface area contributed by atoms with E-state index < -0.39 is 0 Å². The van der Waals surface area contributed by atoms with Gasteiger partial charge in [-0.3, -0.25) is 9.59 Å². The molecule has 2 amide bonds. The molecule has 1 unspecified atom stereocenters. The molecule has 27 heavy (non-hydrogen) atoms. The van der Waals surface area contributed by atoms with Crippen LogP contribution >= 0.6 is 0 Å². The van der Waals surface area contributed by atoms with E-state index in [0.29, 0.717) is 24.8 Å². The number of amides is 2. The highest BCUT2D eigenvalue weighted by Crippen LogP contribution is 2.56. The third-order valence-electron chi connectivity index (χ3n) is 6.89. The number of hydrogen-bond donors (Lipinski definition) is 1. The van der Waals surface area contributed by atoms with Gasteiger partial charge in [-0.2, -0.15) is 0 Å². The summed E-state index contributed by atoms with van der Waals surface area (Å²) in [5.41, 5.74) is -0.295. The van der Waals surface area contributed by atoms with Crippen LogP contribution in [0.3, 0.4) is 0 Å². The molecule has 3 fully saturated rings. The number of furan rings is 1. The van der Waals surface area contributed by atoms with E-state index in [1.54, 1.807) is 6.07 Å². The summed E-state index contributed by atoms with van der Waals surface area (Å²) in [5, 5.41) is 3.10. The van der Waals surface area contributed by atoms with Crippen LogP contribution < -0.4 is 5.32 Å². The maximum absolute atomic E-state index is 12.9. The van der Waals surface area contributed by atoms with Gasteiger partial charge in [-0.05, 0) is 44.2 Å². The topological polar surface area (TPSA) is 65.8 Å². The predicted molar refractivity (Wildman–Crippen MR) is 102 cm³/mol. The van der Waals surface area contributed by atoms with E-state index in [0.717, 1.165) is 51.2 Å². The van der Waals surface area contributed by atoms with Gasteiger partial charge in [0, 0.05) is 44.7 Å². The summed E-state index contributed by atoms with van der Waals surface area (Å²) in [4.78, 5) is 30.0. The Morgan fingerprint density at radius 2 is 1.96 bits per heavy atom. The maximum Gasteiger partial charge on any atom is 0.289 e. The van der Waals surface area contributed by atoms with Crippen molar-refractivity contribution in [2.45, 2.75) is 40.0 Å². The molecule has 6 nitrogen and oxygen atoms in total. The molecule has 2 spiro atoms. The van der Waals surface area contributed by atoms with Crippen LogP contribution in [0.2, 0.25) is 0 Å². The van der Waals surface area contributed by atoms with Crippen molar-refractivity contribution in [3.8, 4) is 0 Å². The maximum atomic E-state index is 12.9. The summed E-state index contributed by atoms with van der Waals surface area (Å²) >= 11 is 0. The molecule has 3 aliphatic rings. The highest BCUT2D eigenvalue weighted by molar-refractivity contribution is 5.91. The van der Waals surface area contributed by atoms with Gasteiger partial charge in [0.15, 0.2) is 5.76 Å². The van der Waals surface area contributed by atoms with Crippen molar-refractivity contribution in [1.82, 2.24) is 15.1 Å². The Hall–Kier alpha value is -1.82. The Morgan fingerprint density at radius 3 is 2.52 bits per heavy atom. The van der Waals surface area contributed by atoms with Gasteiger partial charge >= 0.3 is 0 Å². The molecule has 1 N–H and O–H groups in total. The number of carbonyl (C=O) groups excluding carboxylic acids is 2. The van der Waals surface area contributed by atoms with Crippen LogP contribution in [0.15, 0.2) is 16.5 Å². The monoisotopic (exact) mass is 373 g/mol. The van der Waals surface area contributed by atoms with E-state index in [1.807, 2.05) is 17.9 Å². The largest absolute Gasteiger partial charge is 0.456 e. The van der Waals surface area contributed by atoms with E-state index in [4.69, 9.17) is 4.42 Å². The van der Waals surface area contributed by atoms with Crippen LogP contribution in [-0.2, 0) is 4.79 Å². The summed E-state index contributed by atoms with van der Waals surface area (Å²) in [6, 6.07) is 3.59. The van der Waals surface area contributed by atoms with E-state index in [1.165, 1.54) is 0 Å². The second-order valence-corrected chi connectivity index (χ2v) is 9.13. The van der Waals surface area contributed by atoms with E-state index in [-0.39, 0.29) is 22.6 Å². The van der Waals surface area contributed by atoms with Gasteiger partial charge in [0.25, 0.3) is 5.91 Å². The van der Waals surface area contributed by atoms with Gasteiger partial charge in [0.05, 0.1) is 5.41 Å². The minimum Gasteiger partial charge on any atom is -0.456 e. The number of piperidine rings is 1. The average molecular weight is 373 g/mol. The summed E-state index contributed by atoms with van der Waals surface area (Å²) in [7, 11) is 0. The van der Waals surface area contributed by atoms with Crippen molar-refractivity contribution >= 4 is 11.8 Å². The second-order valence-electron chi connectivity index (χ2n) is 9.13. The van der Waals surface area contributed by atoms with Crippen molar-refractivity contribution in [3.63, 3.8) is 0 Å². The standard InChI is InChI=1S/C21H31N3O3/c1-15(2)12-23-13-20(21(14-23)6-9-22-19(21)26)7-10-24(11-8-20)18(25)17-5-4-16(3)27-17/h4-5,15H,6-14H2,1-3H3,(H,22,26). The molecule has 4 rings (SSSR count). The highest BCUT2D eigenvalue weighted by atomic mass is 16.3. The molecule has 0 radical (unpaired) electrons. The fraction of sp³-hybridized carbons (Fsp3) is 0.714. The van der Waals surface area contributed by atoms with Gasteiger partial charge in [-0.25, -0.2) is 0 Å². The van der Waals surface area contributed by atoms with Gasteiger partial charge in [-0.1, -0.05) is 13.8 Å². The van der Waals surface area contributed by atoms with Gasteiger partial charge < -0.3 is 19.5 Å². The van der Waals surface area contributed by atoms with Crippen molar-refractivity contribution < 1.29 is 14.0 Å². The van der Waals surface area contributed by atoms with Crippen LogP contribution in [0.1, 0.15) is 49.4 Å². The SMILES string of the molecule is Cc1ccc(C(=O)N2CCC3(CC2)CN(CC(C)C)CC32CCNC2=O)o1.